The Morgan fingerprint density at radius 3 is 2.64 bits per heavy atom. The van der Waals surface area contributed by atoms with E-state index in [-0.39, 0.29) is 24.6 Å². The summed E-state index contributed by atoms with van der Waals surface area (Å²) in [5.41, 5.74) is 0.678. The third kappa shape index (κ3) is 8.70. The third-order valence-electron chi connectivity index (χ3n) is 5.08. The van der Waals surface area contributed by atoms with Crippen molar-refractivity contribution in [1.82, 2.24) is 4.90 Å². The second-order valence-electron chi connectivity index (χ2n) is 7.78. The normalized spacial score (nSPS) is 19.4. The highest BCUT2D eigenvalue weighted by Crippen LogP contribution is 2.28. The summed E-state index contributed by atoms with van der Waals surface area (Å²) in [6.07, 6.45) is 8.55. The summed E-state index contributed by atoms with van der Waals surface area (Å²) in [7, 11) is 4.16. The molecule has 160 valence electrons. The fourth-order valence-corrected chi connectivity index (χ4v) is 3.69. The number of ether oxygens (including phenoxy) is 2. The van der Waals surface area contributed by atoms with Gasteiger partial charge in [0.1, 0.15) is 11.9 Å². The Labute approximate surface area is 176 Å². The summed E-state index contributed by atoms with van der Waals surface area (Å²) in [5.74, 6) is 1.10. The Morgan fingerprint density at radius 1 is 1.14 bits per heavy atom. The van der Waals surface area contributed by atoms with Gasteiger partial charge in [-0.1, -0.05) is 44.7 Å². The summed E-state index contributed by atoms with van der Waals surface area (Å²) >= 11 is 0. The number of amides is 1. The van der Waals surface area contributed by atoms with E-state index in [1.54, 1.807) is 0 Å². The van der Waals surface area contributed by atoms with Crippen LogP contribution in [-0.4, -0.2) is 44.3 Å². The van der Waals surface area contributed by atoms with Crippen molar-refractivity contribution in [2.45, 2.75) is 64.4 Å². The molecule has 1 aliphatic rings. The Morgan fingerprint density at radius 2 is 1.89 bits per heavy atom. The first kappa shape index (κ1) is 24.6. The monoisotopic (exact) mass is 412 g/mol. The van der Waals surface area contributed by atoms with Crippen molar-refractivity contribution in [3.8, 4) is 5.75 Å². The van der Waals surface area contributed by atoms with Gasteiger partial charge in [0.05, 0.1) is 12.3 Å². The zero-order valence-electron chi connectivity index (χ0n) is 17.6. The number of para-hydroxylation sites is 2. The van der Waals surface area contributed by atoms with Crippen LogP contribution in [0.3, 0.4) is 0 Å². The van der Waals surface area contributed by atoms with Gasteiger partial charge in [-0.25, -0.2) is 4.79 Å². The first-order chi connectivity index (χ1) is 13.1. The number of nitrogens with one attached hydrogen (secondary N) is 1. The second-order valence-corrected chi connectivity index (χ2v) is 7.78. The molecule has 2 rings (SSSR count). The van der Waals surface area contributed by atoms with Crippen LogP contribution in [0.5, 0.6) is 5.75 Å². The van der Waals surface area contributed by atoms with Gasteiger partial charge >= 0.3 is 6.09 Å². The van der Waals surface area contributed by atoms with Gasteiger partial charge in [0.25, 0.3) is 0 Å². The van der Waals surface area contributed by atoms with Crippen molar-refractivity contribution in [3.63, 3.8) is 0 Å². The molecule has 1 amide bonds. The van der Waals surface area contributed by atoms with Gasteiger partial charge in [0.15, 0.2) is 0 Å². The zero-order valence-corrected chi connectivity index (χ0v) is 18.4. The molecule has 0 aliphatic heterocycles. The average molecular weight is 413 g/mol. The van der Waals surface area contributed by atoms with Crippen LogP contribution in [0.25, 0.3) is 0 Å². The molecule has 1 saturated carbocycles. The summed E-state index contributed by atoms with van der Waals surface area (Å²) < 4.78 is 11.7. The molecule has 0 radical (unpaired) electrons. The van der Waals surface area contributed by atoms with Crippen LogP contribution in [0.2, 0.25) is 0 Å². The molecule has 0 spiro atoms. The SMILES string of the molecule is CCCCCOc1ccccc1NC(=O)O[C@@H]1CCCCC[C@@H]1CN(C)C.Cl. The molecule has 1 aromatic carbocycles. The van der Waals surface area contributed by atoms with Crippen LogP contribution in [0.4, 0.5) is 10.5 Å². The molecule has 28 heavy (non-hydrogen) atoms. The lowest BCUT2D eigenvalue weighted by Gasteiger charge is -2.27. The molecule has 0 unspecified atom stereocenters. The van der Waals surface area contributed by atoms with E-state index in [4.69, 9.17) is 9.47 Å². The van der Waals surface area contributed by atoms with Crippen molar-refractivity contribution in [2.24, 2.45) is 5.92 Å². The first-order valence-electron chi connectivity index (χ1n) is 10.4. The fraction of sp³-hybridized carbons (Fsp3) is 0.682. The maximum Gasteiger partial charge on any atom is 0.412 e. The summed E-state index contributed by atoms with van der Waals surface area (Å²) in [6.45, 7) is 3.78. The highest BCUT2D eigenvalue weighted by molar-refractivity contribution is 5.86. The third-order valence-corrected chi connectivity index (χ3v) is 5.08. The van der Waals surface area contributed by atoms with Gasteiger partial charge in [0, 0.05) is 12.5 Å². The van der Waals surface area contributed by atoms with Crippen LogP contribution >= 0.6 is 12.4 Å². The highest BCUT2D eigenvalue weighted by atomic mass is 35.5. The molecule has 1 fully saturated rings. The van der Waals surface area contributed by atoms with Crippen LogP contribution in [-0.2, 0) is 4.74 Å². The summed E-state index contributed by atoms with van der Waals surface area (Å²) in [5, 5.41) is 2.89. The van der Waals surface area contributed by atoms with E-state index in [9.17, 15) is 4.79 Å². The predicted octanol–water partition coefficient (Wildman–Crippen LogP) is 5.74. The van der Waals surface area contributed by atoms with E-state index < -0.39 is 0 Å². The number of hydrogen-bond donors (Lipinski definition) is 1. The van der Waals surface area contributed by atoms with Gasteiger partial charge in [-0.05, 0) is 51.9 Å². The van der Waals surface area contributed by atoms with E-state index >= 15 is 0 Å². The van der Waals surface area contributed by atoms with Crippen molar-refractivity contribution in [3.05, 3.63) is 24.3 Å². The molecule has 0 saturated heterocycles. The molecular weight excluding hydrogens is 376 g/mol. The van der Waals surface area contributed by atoms with E-state index in [2.05, 4.69) is 31.2 Å². The maximum atomic E-state index is 12.6. The van der Waals surface area contributed by atoms with Crippen LogP contribution in [0.15, 0.2) is 24.3 Å². The molecule has 1 aromatic rings. The molecule has 0 heterocycles. The maximum absolute atomic E-state index is 12.6. The minimum absolute atomic E-state index is 0. The van der Waals surface area contributed by atoms with Crippen LogP contribution < -0.4 is 10.1 Å². The number of benzene rings is 1. The number of carbonyl (C=O) groups is 1. The highest BCUT2D eigenvalue weighted by Gasteiger charge is 2.27. The Kier molecular flexibility index (Phi) is 12.0. The average Bonchev–Trinajstić information content (AvgIpc) is 2.85. The number of unbranched alkanes of at least 4 members (excludes halogenated alkanes) is 2. The number of rotatable bonds is 9. The topological polar surface area (TPSA) is 50.8 Å². The van der Waals surface area contributed by atoms with Crippen molar-refractivity contribution >= 4 is 24.2 Å². The van der Waals surface area contributed by atoms with Gasteiger partial charge in [-0.3, -0.25) is 5.32 Å². The summed E-state index contributed by atoms with van der Waals surface area (Å²) in [6, 6.07) is 7.57. The largest absolute Gasteiger partial charge is 0.491 e. The number of hydrogen-bond acceptors (Lipinski definition) is 4. The smallest absolute Gasteiger partial charge is 0.412 e. The molecular formula is C22H37ClN2O3. The molecule has 1 aliphatic carbocycles. The fourth-order valence-electron chi connectivity index (χ4n) is 3.69. The summed E-state index contributed by atoms with van der Waals surface area (Å²) in [4.78, 5) is 14.7. The molecule has 0 aromatic heterocycles. The van der Waals surface area contributed by atoms with E-state index in [0.29, 0.717) is 24.0 Å². The second kappa shape index (κ2) is 13.7. The predicted molar refractivity (Wildman–Crippen MR) is 118 cm³/mol. The van der Waals surface area contributed by atoms with Crippen molar-refractivity contribution in [2.75, 3.05) is 32.6 Å². The minimum Gasteiger partial charge on any atom is -0.491 e. The number of halogens is 1. The lowest BCUT2D eigenvalue weighted by molar-refractivity contribution is 0.0569. The Bertz CT molecular complexity index is 568. The molecule has 5 nitrogen and oxygen atoms in total. The molecule has 0 bridgehead atoms. The Hall–Kier alpha value is -1.46. The van der Waals surface area contributed by atoms with Gasteiger partial charge in [-0.2, -0.15) is 0 Å². The lowest BCUT2D eigenvalue weighted by atomic mass is 9.97. The number of nitrogens with zero attached hydrogens (tertiary/aromatic N) is 1. The first-order valence-corrected chi connectivity index (χ1v) is 10.4. The molecule has 2 atom stereocenters. The lowest BCUT2D eigenvalue weighted by Crippen LogP contribution is -2.34. The van der Waals surface area contributed by atoms with Crippen LogP contribution in [0, 0.1) is 5.92 Å². The number of carbonyl (C=O) groups excluding carboxylic acids is 1. The van der Waals surface area contributed by atoms with Crippen molar-refractivity contribution < 1.29 is 14.3 Å². The zero-order chi connectivity index (χ0) is 19.5. The standard InChI is InChI=1S/C22H36N2O3.ClH/c1-4-5-11-16-26-21-15-10-9-13-19(21)23-22(25)27-20-14-8-6-7-12-18(20)17-24(2)3;/h9-10,13,15,18,20H,4-8,11-12,14,16-17H2,1-3H3,(H,23,25);1H/t18-,20-;/m1./s1. The van der Waals surface area contributed by atoms with Gasteiger partial charge in [-0.15, -0.1) is 12.4 Å². The Balaban J connectivity index is 0.00000392. The minimum atomic E-state index is -0.379. The van der Waals surface area contributed by atoms with Crippen LogP contribution in [0.1, 0.15) is 58.3 Å². The van der Waals surface area contributed by atoms with Gasteiger partial charge in [0.2, 0.25) is 0 Å². The van der Waals surface area contributed by atoms with E-state index in [1.165, 1.54) is 12.8 Å². The van der Waals surface area contributed by atoms with Gasteiger partial charge < -0.3 is 14.4 Å². The number of anilines is 1. The molecule has 6 heteroatoms. The van der Waals surface area contributed by atoms with Crippen molar-refractivity contribution in [1.29, 1.82) is 0 Å². The quantitative estimate of drug-likeness (QED) is 0.415. The van der Waals surface area contributed by atoms with E-state index in [1.807, 2.05) is 24.3 Å². The molecule has 1 N–H and O–H groups in total. The van der Waals surface area contributed by atoms with E-state index in [0.717, 1.165) is 45.1 Å².